The topological polar surface area (TPSA) is 44.6 Å². The number of rotatable bonds is 8. The number of nitrogens with zero attached hydrogens (tertiary/aromatic N) is 2. The smallest absolute Gasteiger partial charge is 0.378 e. The van der Waals surface area contributed by atoms with E-state index in [1.165, 1.54) is 16.9 Å². The van der Waals surface area contributed by atoms with Crippen LogP contribution in [0.25, 0.3) is 0 Å². The van der Waals surface area contributed by atoms with Crippen molar-refractivity contribution in [3.05, 3.63) is 36.1 Å². The number of carbonyl (C=O) groups excluding carboxylic acids is 1. The number of hydrogen-bond acceptors (Lipinski definition) is 4. The molecule has 2 rings (SSSR count). The summed E-state index contributed by atoms with van der Waals surface area (Å²) >= 11 is 0. The molecule has 0 heterocycles. The average molecular weight is 389 g/mol. The van der Waals surface area contributed by atoms with Crippen molar-refractivity contribution >= 4 is 12.1 Å². The number of nitrogens with one attached hydrogen (secondary N) is 1. The first-order valence-electron chi connectivity index (χ1n) is 10.7. The molecule has 5 heteroatoms. The second-order valence-electron chi connectivity index (χ2n) is 8.25. The molecule has 1 N–H and O–H groups in total. The third-order valence-electron chi connectivity index (χ3n) is 5.72. The van der Waals surface area contributed by atoms with Gasteiger partial charge in [-0.1, -0.05) is 50.1 Å². The number of carbonyl (C=O) groups is 1. The van der Waals surface area contributed by atoms with Gasteiger partial charge in [0, 0.05) is 26.7 Å². The van der Waals surface area contributed by atoms with E-state index in [9.17, 15) is 4.79 Å². The van der Waals surface area contributed by atoms with Crippen LogP contribution in [0.15, 0.2) is 36.1 Å². The molecule has 28 heavy (non-hydrogen) atoms. The van der Waals surface area contributed by atoms with Gasteiger partial charge in [-0.05, 0) is 50.0 Å². The van der Waals surface area contributed by atoms with Crippen LogP contribution in [0.5, 0.6) is 0 Å². The number of hydroxylamine groups is 2. The van der Waals surface area contributed by atoms with Crippen molar-refractivity contribution < 1.29 is 14.5 Å². The Morgan fingerprint density at radius 1 is 1.36 bits per heavy atom. The Labute approximate surface area is 170 Å². The molecule has 0 radical (unpaired) electrons. The minimum Gasteiger partial charge on any atom is -0.378 e. The molecule has 0 bridgehead atoms. The van der Waals surface area contributed by atoms with Crippen LogP contribution in [0, 0.1) is 17.8 Å². The zero-order valence-corrected chi connectivity index (χ0v) is 18.2. The molecule has 0 fully saturated rings. The van der Waals surface area contributed by atoms with Gasteiger partial charge < -0.3 is 4.90 Å². The fourth-order valence-corrected chi connectivity index (χ4v) is 3.77. The molecule has 4 atom stereocenters. The molecule has 0 aromatic carbocycles. The Balaban J connectivity index is 1.89. The highest BCUT2D eigenvalue weighted by atomic mass is 16.8. The highest BCUT2D eigenvalue weighted by Crippen LogP contribution is 2.26. The maximum atomic E-state index is 13.0. The van der Waals surface area contributed by atoms with Crippen LogP contribution < -0.4 is 5.48 Å². The van der Waals surface area contributed by atoms with Crippen LogP contribution in [-0.2, 0) is 9.73 Å². The summed E-state index contributed by atoms with van der Waals surface area (Å²) in [5, 5.41) is 0. The van der Waals surface area contributed by atoms with Crippen LogP contribution in [-0.4, -0.2) is 41.9 Å². The van der Waals surface area contributed by atoms with Crippen molar-refractivity contribution in [3.8, 4) is 0 Å². The lowest BCUT2D eigenvalue weighted by atomic mass is 9.87. The lowest BCUT2D eigenvalue weighted by molar-refractivity contribution is -0.741. The van der Waals surface area contributed by atoms with E-state index in [-0.39, 0.29) is 17.9 Å². The average Bonchev–Trinajstić information content (AvgIpc) is 2.91. The first kappa shape index (κ1) is 22.4. The summed E-state index contributed by atoms with van der Waals surface area (Å²) in [6.07, 6.45) is 18.8. The van der Waals surface area contributed by atoms with Gasteiger partial charge in [0.05, 0.1) is 16.7 Å². The molecule has 0 saturated carbocycles. The van der Waals surface area contributed by atoms with Crippen LogP contribution in [0.2, 0.25) is 0 Å². The van der Waals surface area contributed by atoms with E-state index in [1.54, 1.807) is 6.21 Å². The Bertz CT molecular complexity index is 634. The lowest BCUT2D eigenvalue weighted by Crippen LogP contribution is -2.38. The molecule has 4 unspecified atom stereocenters. The highest BCUT2D eigenvalue weighted by Gasteiger charge is 2.32. The van der Waals surface area contributed by atoms with Crippen LogP contribution in [0.3, 0.4) is 0 Å². The predicted octanol–water partition coefficient (Wildman–Crippen LogP) is 4.24. The van der Waals surface area contributed by atoms with E-state index in [2.05, 4.69) is 68.7 Å². The quantitative estimate of drug-likeness (QED) is 0.292. The lowest BCUT2D eigenvalue weighted by Gasteiger charge is -2.22. The van der Waals surface area contributed by atoms with Crippen molar-refractivity contribution in [2.24, 2.45) is 17.8 Å². The second kappa shape index (κ2) is 11.2. The molecular formula is C23H38N3O2+. The van der Waals surface area contributed by atoms with E-state index in [4.69, 9.17) is 4.94 Å². The molecule has 5 nitrogen and oxygen atoms in total. The minimum absolute atomic E-state index is 0.0271. The van der Waals surface area contributed by atoms with Crippen LogP contribution in [0.4, 0.5) is 0 Å². The van der Waals surface area contributed by atoms with E-state index >= 15 is 0 Å². The maximum Gasteiger partial charge on any atom is 0.439 e. The van der Waals surface area contributed by atoms with Crippen LogP contribution >= 0.6 is 0 Å². The highest BCUT2D eigenvalue weighted by molar-refractivity contribution is 5.73. The molecular weight excluding hydrogens is 350 g/mol. The van der Waals surface area contributed by atoms with Crippen molar-refractivity contribution in [1.82, 2.24) is 10.4 Å². The van der Waals surface area contributed by atoms with E-state index in [0.29, 0.717) is 11.8 Å². The molecule has 0 aromatic heterocycles. The van der Waals surface area contributed by atoms with Gasteiger partial charge >= 0.3 is 5.91 Å². The Morgan fingerprint density at radius 3 is 2.75 bits per heavy atom. The van der Waals surface area contributed by atoms with Gasteiger partial charge in [-0.25, -0.2) is 4.79 Å². The Hall–Kier alpha value is -1.88. The van der Waals surface area contributed by atoms with E-state index in [0.717, 1.165) is 32.1 Å². The van der Waals surface area contributed by atoms with E-state index in [1.807, 2.05) is 6.92 Å². The normalized spacial score (nSPS) is 26.4. The van der Waals surface area contributed by atoms with Crippen molar-refractivity contribution in [2.75, 3.05) is 14.1 Å². The minimum atomic E-state index is -0.0494. The van der Waals surface area contributed by atoms with Crippen molar-refractivity contribution in [2.45, 2.75) is 65.3 Å². The molecule has 0 spiro atoms. The molecule has 156 valence electrons. The fraction of sp³-hybridized carbons (Fsp3) is 0.652. The Morgan fingerprint density at radius 2 is 2.14 bits per heavy atom. The summed E-state index contributed by atoms with van der Waals surface area (Å²) in [7, 11) is 4.11. The third kappa shape index (κ3) is 6.62. The third-order valence-corrected chi connectivity index (χ3v) is 5.72. The number of hydrogen-bond donors (Lipinski definition) is 1. The number of likely N-dealkylation sites (N-methyl/N-ethyl adjacent to an activating group) is 1. The summed E-state index contributed by atoms with van der Waals surface area (Å²) in [5.74, 6) is 0.985. The monoisotopic (exact) mass is 388 g/mol. The van der Waals surface area contributed by atoms with Gasteiger partial charge in [-0.2, -0.15) is 4.94 Å². The zero-order chi connectivity index (χ0) is 20.5. The van der Waals surface area contributed by atoms with Gasteiger partial charge in [0.1, 0.15) is 0 Å². The summed E-state index contributed by atoms with van der Waals surface area (Å²) in [6, 6.07) is 0.149. The molecule has 2 aliphatic rings. The number of allylic oxidation sites excluding steroid dienone is 4. The van der Waals surface area contributed by atoms with Gasteiger partial charge in [0.25, 0.3) is 0 Å². The molecule has 0 aromatic rings. The summed E-state index contributed by atoms with van der Waals surface area (Å²) in [4.78, 5) is 20.8. The largest absolute Gasteiger partial charge is 0.439 e. The molecule has 1 amide bonds. The first-order valence-corrected chi connectivity index (χ1v) is 10.7. The standard InChI is InChI=1S/C23H38N3O2/c1-6-20(17-19-12-15-22(16-13-19)25(4)5)23(27)26(7-2)28-24-21-10-8-9-18(3)11-14-21/h7,11-12,14-16,18-21,24H,6,8-10,13,17H2,1-5H3/q+1. The van der Waals surface area contributed by atoms with Crippen molar-refractivity contribution in [3.63, 3.8) is 0 Å². The second-order valence-corrected chi connectivity index (χ2v) is 8.25. The van der Waals surface area contributed by atoms with Gasteiger partial charge in [-0.15, -0.1) is 0 Å². The predicted molar refractivity (Wildman–Crippen MR) is 115 cm³/mol. The summed E-state index contributed by atoms with van der Waals surface area (Å²) in [5.41, 5.74) is 4.31. The van der Waals surface area contributed by atoms with E-state index < -0.39 is 0 Å². The summed E-state index contributed by atoms with van der Waals surface area (Å²) in [6.45, 7) is 6.15. The van der Waals surface area contributed by atoms with Crippen molar-refractivity contribution in [1.29, 1.82) is 0 Å². The molecule has 0 saturated heterocycles. The zero-order valence-electron chi connectivity index (χ0n) is 18.2. The van der Waals surface area contributed by atoms with Gasteiger partial charge in [-0.3, -0.25) is 0 Å². The van der Waals surface area contributed by atoms with Gasteiger partial charge in [0.2, 0.25) is 6.21 Å². The molecule has 0 aliphatic heterocycles. The maximum absolute atomic E-state index is 13.0. The summed E-state index contributed by atoms with van der Waals surface area (Å²) < 4.78 is 1.38. The fourth-order valence-electron chi connectivity index (χ4n) is 3.77. The molecule has 2 aliphatic carbocycles. The van der Waals surface area contributed by atoms with Gasteiger partial charge in [0.15, 0.2) is 0 Å². The van der Waals surface area contributed by atoms with Crippen LogP contribution in [0.1, 0.15) is 59.3 Å². The first-order chi connectivity index (χ1) is 13.4. The Kier molecular flexibility index (Phi) is 8.97. The number of amides is 1. The SMILES string of the molecule is CC=[N+](ONC1C=CC(C)CCC1)C(=O)C(CC)CC1C=CC(N(C)C)=CC1.